The van der Waals surface area contributed by atoms with E-state index < -0.39 is 6.03 Å². The van der Waals surface area contributed by atoms with Gasteiger partial charge in [0.15, 0.2) is 0 Å². The van der Waals surface area contributed by atoms with Crippen molar-refractivity contribution >= 4 is 34.1 Å². The van der Waals surface area contributed by atoms with E-state index in [-0.39, 0.29) is 5.91 Å². The first kappa shape index (κ1) is 14.6. The second-order valence-electron chi connectivity index (χ2n) is 5.05. The lowest BCUT2D eigenvalue weighted by Crippen LogP contribution is -2.19. The van der Waals surface area contributed by atoms with Gasteiger partial charge in [0.05, 0.1) is 0 Å². The molecule has 0 bridgehead atoms. The molecule has 114 valence electrons. The highest BCUT2D eigenvalue weighted by molar-refractivity contribution is 6.09. The number of anilines is 2. The van der Waals surface area contributed by atoms with Gasteiger partial charge in [0.1, 0.15) is 0 Å². The Balaban J connectivity index is 1.82. The van der Waals surface area contributed by atoms with Gasteiger partial charge in [-0.1, -0.05) is 36.4 Å². The molecule has 3 amide bonds. The van der Waals surface area contributed by atoms with Gasteiger partial charge in [-0.25, -0.2) is 4.79 Å². The molecule has 3 rings (SSSR count). The Morgan fingerprint density at radius 3 is 2.22 bits per heavy atom. The van der Waals surface area contributed by atoms with Crippen LogP contribution < -0.4 is 16.4 Å². The minimum absolute atomic E-state index is 0.216. The summed E-state index contributed by atoms with van der Waals surface area (Å²) in [7, 11) is 0. The molecule has 0 aliphatic heterocycles. The molecule has 0 unspecified atom stereocenters. The average Bonchev–Trinajstić information content (AvgIpc) is 2.55. The number of fused-ring (bicyclic) bond motifs is 1. The third kappa shape index (κ3) is 3.29. The average molecular weight is 305 g/mol. The zero-order chi connectivity index (χ0) is 16.2. The quantitative estimate of drug-likeness (QED) is 0.691. The van der Waals surface area contributed by atoms with Crippen molar-refractivity contribution < 1.29 is 9.59 Å². The maximum atomic E-state index is 12.4. The van der Waals surface area contributed by atoms with Crippen LogP contribution in [0.5, 0.6) is 0 Å². The van der Waals surface area contributed by atoms with Gasteiger partial charge in [0, 0.05) is 22.3 Å². The number of hydrogen-bond donors (Lipinski definition) is 3. The Labute approximate surface area is 133 Å². The van der Waals surface area contributed by atoms with E-state index in [2.05, 4.69) is 10.6 Å². The van der Waals surface area contributed by atoms with Crippen LogP contribution in [0.4, 0.5) is 16.2 Å². The number of rotatable bonds is 3. The van der Waals surface area contributed by atoms with Crippen molar-refractivity contribution in [2.75, 3.05) is 10.6 Å². The number of amides is 3. The zero-order valence-corrected chi connectivity index (χ0v) is 12.2. The van der Waals surface area contributed by atoms with Crippen molar-refractivity contribution in [3.05, 3.63) is 72.3 Å². The monoisotopic (exact) mass is 305 g/mol. The van der Waals surface area contributed by atoms with Crippen LogP contribution in [0.25, 0.3) is 10.8 Å². The van der Waals surface area contributed by atoms with E-state index in [9.17, 15) is 9.59 Å². The number of urea groups is 1. The molecule has 0 spiro atoms. The van der Waals surface area contributed by atoms with E-state index in [0.717, 1.165) is 16.5 Å². The molecule has 4 N–H and O–H groups in total. The smallest absolute Gasteiger partial charge is 0.316 e. The van der Waals surface area contributed by atoms with Crippen molar-refractivity contribution in [1.82, 2.24) is 0 Å². The Kier molecular flexibility index (Phi) is 3.93. The van der Waals surface area contributed by atoms with E-state index in [1.54, 1.807) is 24.3 Å². The summed E-state index contributed by atoms with van der Waals surface area (Å²) in [6.07, 6.45) is 0. The molecule has 5 nitrogen and oxygen atoms in total. The minimum atomic E-state index is -0.641. The summed E-state index contributed by atoms with van der Waals surface area (Å²) in [4.78, 5) is 23.2. The molecule has 0 radical (unpaired) electrons. The molecule has 0 aromatic heterocycles. The molecule has 0 saturated heterocycles. The molecule has 0 fully saturated rings. The molecule has 5 heteroatoms. The summed E-state index contributed by atoms with van der Waals surface area (Å²) in [5.74, 6) is -0.216. The lowest BCUT2D eigenvalue weighted by molar-refractivity contribution is 0.102. The van der Waals surface area contributed by atoms with Crippen LogP contribution >= 0.6 is 0 Å². The highest BCUT2D eigenvalue weighted by Gasteiger charge is 2.08. The maximum Gasteiger partial charge on any atom is 0.316 e. The minimum Gasteiger partial charge on any atom is -0.351 e. The fourth-order valence-electron chi connectivity index (χ4n) is 2.38. The van der Waals surface area contributed by atoms with Crippen LogP contribution in [0.2, 0.25) is 0 Å². The van der Waals surface area contributed by atoms with Gasteiger partial charge in [0.2, 0.25) is 0 Å². The van der Waals surface area contributed by atoms with Crippen LogP contribution in [0.3, 0.4) is 0 Å². The number of nitrogens with one attached hydrogen (secondary N) is 2. The molecule has 0 atom stereocenters. The molecule has 3 aromatic carbocycles. The summed E-state index contributed by atoms with van der Waals surface area (Å²) in [5.41, 5.74) is 6.84. The lowest BCUT2D eigenvalue weighted by Gasteiger charge is -2.09. The highest BCUT2D eigenvalue weighted by Crippen LogP contribution is 2.23. The Hall–Kier alpha value is -3.34. The Morgan fingerprint density at radius 2 is 1.48 bits per heavy atom. The molecule has 0 saturated carbocycles. The number of carbonyl (C=O) groups excluding carboxylic acids is 2. The molecule has 0 aliphatic carbocycles. The fourth-order valence-corrected chi connectivity index (χ4v) is 2.38. The van der Waals surface area contributed by atoms with Crippen LogP contribution in [-0.2, 0) is 0 Å². The second kappa shape index (κ2) is 6.19. The fraction of sp³-hybridized carbons (Fsp3) is 0. The molecule has 0 heterocycles. The number of benzene rings is 3. The van der Waals surface area contributed by atoms with Gasteiger partial charge in [-0.05, 0) is 35.7 Å². The van der Waals surface area contributed by atoms with Crippen molar-refractivity contribution in [3.8, 4) is 0 Å². The van der Waals surface area contributed by atoms with Crippen LogP contribution in [0.15, 0.2) is 66.7 Å². The zero-order valence-electron chi connectivity index (χ0n) is 12.2. The molecule has 0 aliphatic rings. The highest BCUT2D eigenvalue weighted by atomic mass is 16.2. The predicted octanol–water partition coefficient (Wildman–Crippen LogP) is 3.58. The van der Waals surface area contributed by atoms with E-state index >= 15 is 0 Å². The van der Waals surface area contributed by atoms with Crippen molar-refractivity contribution in [3.63, 3.8) is 0 Å². The number of hydrogen-bond acceptors (Lipinski definition) is 2. The number of carbonyl (C=O) groups is 2. The summed E-state index contributed by atoms with van der Waals surface area (Å²) in [6, 6.07) is 19.5. The van der Waals surface area contributed by atoms with E-state index in [1.165, 1.54) is 0 Å². The standard InChI is InChI=1S/C18H15N3O2/c19-18(23)20-14-10-8-13(9-11-14)17(22)21-16-7-3-5-12-4-1-2-6-15(12)16/h1-11H,(H,21,22)(H3,19,20,23). The second-order valence-corrected chi connectivity index (χ2v) is 5.05. The molecule has 23 heavy (non-hydrogen) atoms. The van der Waals surface area contributed by atoms with E-state index in [1.807, 2.05) is 42.5 Å². The summed E-state index contributed by atoms with van der Waals surface area (Å²) in [6.45, 7) is 0. The van der Waals surface area contributed by atoms with E-state index in [4.69, 9.17) is 5.73 Å². The summed E-state index contributed by atoms with van der Waals surface area (Å²) in [5, 5.41) is 7.41. The molecule has 3 aromatic rings. The third-order valence-corrected chi connectivity index (χ3v) is 3.45. The SMILES string of the molecule is NC(=O)Nc1ccc(C(=O)Nc2cccc3ccccc23)cc1. The first-order chi connectivity index (χ1) is 11.1. The molecular weight excluding hydrogens is 290 g/mol. The van der Waals surface area contributed by atoms with Crippen LogP contribution in [-0.4, -0.2) is 11.9 Å². The first-order valence-electron chi connectivity index (χ1n) is 7.09. The first-order valence-corrected chi connectivity index (χ1v) is 7.09. The van der Waals surface area contributed by atoms with Gasteiger partial charge in [-0.15, -0.1) is 0 Å². The number of primary amides is 1. The van der Waals surface area contributed by atoms with Gasteiger partial charge in [-0.2, -0.15) is 0 Å². The molecular formula is C18H15N3O2. The van der Waals surface area contributed by atoms with Crippen molar-refractivity contribution in [2.45, 2.75) is 0 Å². The predicted molar refractivity (Wildman–Crippen MR) is 91.5 cm³/mol. The van der Waals surface area contributed by atoms with Gasteiger partial charge >= 0.3 is 6.03 Å². The van der Waals surface area contributed by atoms with Crippen molar-refractivity contribution in [1.29, 1.82) is 0 Å². The Morgan fingerprint density at radius 1 is 0.783 bits per heavy atom. The third-order valence-electron chi connectivity index (χ3n) is 3.45. The van der Waals surface area contributed by atoms with Gasteiger partial charge < -0.3 is 16.4 Å². The normalized spacial score (nSPS) is 10.3. The van der Waals surface area contributed by atoms with Crippen LogP contribution in [0.1, 0.15) is 10.4 Å². The summed E-state index contributed by atoms with van der Waals surface area (Å²) >= 11 is 0. The Bertz CT molecular complexity index is 868. The van der Waals surface area contributed by atoms with Crippen LogP contribution in [0, 0.1) is 0 Å². The van der Waals surface area contributed by atoms with Gasteiger partial charge in [0.25, 0.3) is 5.91 Å². The topological polar surface area (TPSA) is 84.2 Å². The van der Waals surface area contributed by atoms with E-state index in [0.29, 0.717) is 11.3 Å². The summed E-state index contributed by atoms with van der Waals surface area (Å²) < 4.78 is 0. The lowest BCUT2D eigenvalue weighted by atomic mass is 10.1. The number of nitrogens with two attached hydrogens (primary N) is 1. The largest absolute Gasteiger partial charge is 0.351 e. The van der Waals surface area contributed by atoms with Gasteiger partial charge in [-0.3, -0.25) is 4.79 Å². The van der Waals surface area contributed by atoms with Crippen molar-refractivity contribution in [2.24, 2.45) is 5.73 Å². The maximum absolute atomic E-state index is 12.4.